The average Bonchev–Trinajstić information content (AvgIpc) is 2.75. The second kappa shape index (κ2) is 6.30. The molecule has 0 saturated heterocycles. The van der Waals surface area contributed by atoms with Gasteiger partial charge in [0.15, 0.2) is 0 Å². The van der Waals surface area contributed by atoms with Crippen molar-refractivity contribution in [3.8, 4) is 0 Å². The zero-order valence-corrected chi connectivity index (χ0v) is 11.9. The molecular weight excluding hydrogens is 259 g/mol. The molecular formula is C13H17BN2O2S. The lowest BCUT2D eigenvalue weighted by molar-refractivity contribution is 0.321. The van der Waals surface area contributed by atoms with E-state index < -0.39 is 7.12 Å². The van der Waals surface area contributed by atoms with E-state index in [0.717, 1.165) is 24.3 Å². The highest BCUT2D eigenvalue weighted by molar-refractivity contribution is 7.09. The summed E-state index contributed by atoms with van der Waals surface area (Å²) in [4.78, 5) is 7.69. The first-order valence-electron chi connectivity index (χ1n) is 6.08. The fourth-order valence-corrected chi connectivity index (χ4v) is 2.80. The van der Waals surface area contributed by atoms with Crippen LogP contribution in [0.5, 0.6) is 0 Å². The predicted octanol–water partition coefficient (Wildman–Crippen LogP) is 0.763. The Bertz CT molecular complexity index is 545. The Balaban J connectivity index is 2.01. The molecule has 1 aromatic heterocycles. The number of benzene rings is 1. The summed E-state index contributed by atoms with van der Waals surface area (Å²) < 4.78 is 0. The van der Waals surface area contributed by atoms with Gasteiger partial charge < -0.3 is 10.0 Å². The molecule has 2 rings (SSSR count). The summed E-state index contributed by atoms with van der Waals surface area (Å²) in [7, 11) is 0.635. The highest BCUT2D eigenvalue weighted by Gasteiger charge is 2.12. The second-order valence-electron chi connectivity index (χ2n) is 4.65. The molecule has 100 valence electrons. The second-order valence-corrected chi connectivity index (χ2v) is 5.59. The zero-order valence-electron chi connectivity index (χ0n) is 11.1. The Morgan fingerprint density at radius 3 is 2.74 bits per heavy atom. The van der Waals surface area contributed by atoms with Crippen molar-refractivity contribution < 1.29 is 10.0 Å². The summed E-state index contributed by atoms with van der Waals surface area (Å²) in [5.74, 6) is 0. The molecule has 0 unspecified atom stereocenters. The van der Waals surface area contributed by atoms with Gasteiger partial charge in [-0.15, -0.1) is 11.3 Å². The van der Waals surface area contributed by atoms with Gasteiger partial charge in [0.2, 0.25) is 0 Å². The fraction of sp³-hybridized carbons (Fsp3) is 0.308. The first-order chi connectivity index (χ1) is 9.06. The third-order valence-electron chi connectivity index (χ3n) is 2.96. The molecule has 0 atom stereocenters. The summed E-state index contributed by atoms with van der Waals surface area (Å²) in [5.41, 5.74) is 4.54. The number of thiazole rings is 1. The normalized spacial score (nSPS) is 11.0. The molecule has 2 aromatic rings. The first-order valence-corrected chi connectivity index (χ1v) is 6.96. The molecule has 0 fully saturated rings. The minimum absolute atomic E-state index is 0.528. The van der Waals surface area contributed by atoms with Gasteiger partial charge in [0.05, 0.1) is 11.2 Å². The Morgan fingerprint density at radius 1 is 1.32 bits per heavy atom. The highest BCUT2D eigenvalue weighted by atomic mass is 32.1. The molecule has 0 saturated carbocycles. The molecule has 1 aromatic carbocycles. The van der Waals surface area contributed by atoms with Crippen LogP contribution in [0.25, 0.3) is 0 Å². The monoisotopic (exact) mass is 276 g/mol. The van der Waals surface area contributed by atoms with E-state index >= 15 is 0 Å². The standard InChI is InChI=1S/C13H17BN2O2S/c1-10-13(19-9-15-10)8-16(2)7-11-4-3-5-12(6-11)14(17)18/h3-6,9,17-18H,7-8H2,1-2H3. The summed E-state index contributed by atoms with van der Waals surface area (Å²) in [6, 6.07) is 7.36. The molecule has 0 amide bonds. The maximum absolute atomic E-state index is 9.16. The third-order valence-corrected chi connectivity index (χ3v) is 3.88. The van der Waals surface area contributed by atoms with E-state index in [1.807, 2.05) is 37.7 Å². The van der Waals surface area contributed by atoms with Crippen LogP contribution in [0.3, 0.4) is 0 Å². The minimum atomic E-state index is -1.41. The average molecular weight is 276 g/mol. The van der Waals surface area contributed by atoms with Gasteiger partial charge in [0.25, 0.3) is 0 Å². The van der Waals surface area contributed by atoms with E-state index in [0.29, 0.717) is 5.46 Å². The summed E-state index contributed by atoms with van der Waals surface area (Å²) in [5, 5.41) is 18.3. The van der Waals surface area contributed by atoms with Crippen molar-refractivity contribution >= 4 is 23.9 Å². The van der Waals surface area contributed by atoms with Crippen LogP contribution in [0, 0.1) is 6.92 Å². The number of hydrogen-bond acceptors (Lipinski definition) is 5. The number of hydrogen-bond donors (Lipinski definition) is 2. The molecule has 2 N–H and O–H groups in total. The van der Waals surface area contributed by atoms with Crippen LogP contribution in [-0.2, 0) is 13.1 Å². The lowest BCUT2D eigenvalue weighted by Crippen LogP contribution is -2.30. The van der Waals surface area contributed by atoms with Gasteiger partial charge >= 0.3 is 7.12 Å². The quantitative estimate of drug-likeness (QED) is 0.792. The molecule has 0 bridgehead atoms. The molecule has 6 heteroatoms. The van der Waals surface area contributed by atoms with Crippen LogP contribution in [0.2, 0.25) is 0 Å². The number of aryl methyl sites for hydroxylation is 1. The molecule has 1 heterocycles. The van der Waals surface area contributed by atoms with E-state index in [4.69, 9.17) is 10.0 Å². The van der Waals surface area contributed by atoms with Crippen molar-refractivity contribution in [1.82, 2.24) is 9.88 Å². The Labute approximate surface area is 117 Å². The smallest absolute Gasteiger partial charge is 0.423 e. The molecule has 4 nitrogen and oxygen atoms in total. The van der Waals surface area contributed by atoms with Crippen LogP contribution in [0.15, 0.2) is 29.8 Å². The lowest BCUT2D eigenvalue weighted by Gasteiger charge is -2.16. The van der Waals surface area contributed by atoms with Crippen molar-refractivity contribution in [2.24, 2.45) is 0 Å². The molecule has 0 aliphatic heterocycles. The maximum atomic E-state index is 9.16. The Morgan fingerprint density at radius 2 is 2.11 bits per heavy atom. The van der Waals surface area contributed by atoms with Crippen LogP contribution in [0.4, 0.5) is 0 Å². The van der Waals surface area contributed by atoms with Gasteiger partial charge in [0.1, 0.15) is 0 Å². The summed E-state index contributed by atoms with van der Waals surface area (Å²) >= 11 is 1.66. The maximum Gasteiger partial charge on any atom is 0.488 e. The Hall–Kier alpha value is -1.21. The van der Waals surface area contributed by atoms with Gasteiger partial charge in [-0.2, -0.15) is 0 Å². The van der Waals surface area contributed by atoms with E-state index in [1.54, 1.807) is 17.4 Å². The number of nitrogens with zero attached hydrogens (tertiary/aromatic N) is 2. The minimum Gasteiger partial charge on any atom is -0.423 e. The van der Waals surface area contributed by atoms with Crippen LogP contribution < -0.4 is 5.46 Å². The van der Waals surface area contributed by atoms with Crippen molar-refractivity contribution in [2.75, 3.05) is 7.05 Å². The summed E-state index contributed by atoms with van der Waals surface area (Å²) in [6.45, 7) is 3.63. The molecule has 0 radical (unpaired) electrons. The molecule has 19 heavy (non-hydrogen) atoms. The van der Waals surface area contributed by atoms with Crippen LogP contribution in [0.1, 0.15) is 16.1 Å². The molecule has 0 aliphatic rings. The van der Waals surface area contributed by atoms with Gasteiger partial charge in [0, 0.05) is 18.0 Å². The van der Waals surface area contributed by atoms with Gasteiger partial charge in [-0.05, 0) is 25.0 Å². The number of rotatable bonds is 5. The van der Waals surface area contributed by atoms with Gasteiger partial charge in [-0.3, -0.25) is 4.90 Å². The van der Waals surface area contributed by atoms with Crippen molar-refractivity contribution in [3.05, 3.63) is 45.9 Å². The van der Waals surface area contributed by atoms with Crippen LogP contribution >= 0.6 is 11.3 Å². The van der Waals surface area contributed by atoms with Gasteiger partial charge in [-0.25, -0.2) is 4.98 Å². The van der Waals surface area contributed by atoms with Crippen LogP contribution in [-0.4, -0.2) is 34.1 Å². The lowest BCUT2D eigenvalue weighted by atomic mass is 9.79. The fourth-order valence-electron chi connectivity index (χ4n) is 1.94. The van der Waals surface area contributed by atoms with Crippen molar-refractivity contribution in [3.63, 3.8) is 0 Å². The SMILES string of the molecule is Cc1ncsc1CN(C)Cc1cccc(B(O)O)c1. The molecule has 0 aliphatic carbocycles. The largest absolute Gasteiger partial charge is 0.488 e. The van der Waals surface area contributed by atoms with Crippen molar-refractivity contribution in [2.45, 2.75) is 20.0 Å². The zero-order chi connectivity index (χ0) is 13.8. The first kappa shape index (κ1) is 14.2. The van der Waals surface area contributed by atoms with Gasteiger partial charge in [-0.1, -0.05) is 24.3 Å². The van der Waals surface area contributed by atoms with E-state index in [2.05, 4.69) is 9.88 Å². The number of aromatic nitrogens is 1. The van der Waals surface area contributed by atoms with Crippen molar-refractivity contribution in [1.29, 1.82) is 0 Å². The topological polar surface area (TPSA) is 56.6 Å². The van der Waals surface area contributed by atoms with E-state index in [9.17, 15) is 0 Å². The third kappa shape index (κ3) is 3.88. The highest BCUT2D eigenvalue weighted by Crippen LogP contribution is 2.15. The predicted molar refractivity (Wildman–Crippen MR) is 78.3 cm³/mol. The summed E-state index contributed by atoms with van der Waals surface area (Å²) in [6.07, 6.45) is 0. The van der Waals surface area contributed by atoms with E-state index in [1.165, 1.54) is 4.88 Å². The molecule has 0 spiro atoms. The Kier molecular flexibility index (Phi) is 4.71. The van der Waals surface area contributed by atoms with E-state index in [-0.39, 0.29) is 0 Å².